The Labute approximate surface area is 171 Å². The van der Waals surface area contributed by atoms with Gasteiger partial charge >= 0.3 is 0 Å². The number of nitrogens with zero attached hydrogens (tertiary/aromatic N) is 4. The molecule has 1 unspecified atom stereocenters. The summed E-state index contributed by atoms with van der Waals surface area (Å²) in [7, 11) is 1.62. The summed E-state index contributed by atoms with van der Waals surface area (Å²) >= 11 is 2.71. The maximum Gasteiger partial charge on any atom is 0.236 e. The van der Waals surface area contributed by atoms with E-state index in [1.807, 2.05) is 48.1 Å². The second-order valence-corrected chi connectivity index (χ2v) is 7.54. The van der Waals surface area contributed by atoms with Gasteiger partial charge < -0.3 is 19.4 Å². The van der Waals surface area contributed by atoms with Crippen molar-refractivity contribution in [2.75, 3.05) is 18.2 Å². The number of carbonyl (C=O) groups excluding carboxylic acids is 1. The fourth-order valence-corrected chi connectivity index (χ4v) is 3.86. The Morgan fingerprint density at radius 1 is 1.36 bits per heavy atom. The summed E-state index contributed by atoms with van der Waals surface area (Å²) in [6, 6.07) is 7.41. The van der Waals surface area contributed by atoms with Crippen LogP contribution >= 0.6 is 23.1 Å². The molecule has 8 nitrogen and oxygen atoms in total. The molecule has 0 fully saturated rings. The van der Waals surface area contributed by atoms with Gasteiger partial charge in [-0.15, -0.1) is 21.5 Å². The number of hydrogen-bond donors (Lipinski definition) is 1. The molecule has 0 aliphatic rings. The summed E-state index contributed by atoms with van der Waals surface area (Å²) in [4.78, 5) is 16.1. The third kappa shape index (κ3) is 5.02. The molecule has 1 atom stereocenters. The number of thioether (sulfide) groups is 1. The lowest BCUT2D eigenvalue weighted by Gasteiger charge is -2.16. The van der Waals surface area contributed by atoms with Crippen LogP contribution in [-0.2, 0) is 11.3 Å². The zero-order chi connectivity index (χ0) is 19.9. The summed E-state index contributed by atoms with van der Waals surface area (Å²) < 4.78 is 13.2. The molecule has 0 bridgehead atoms. The van der Waals surface area contributed by atoms with Crippen molar-refractivity contribution in [3.8, 4) is 11.5 Å². The molecule has 2 heterocycles. The van der Waals surface area contributed by atoms with Gasteiger partial charge in [-0.05, 0) is 26.0 Å². The quantitative estimate of drug-likeness (QED) is 0.530. The fraction of sp³-hybridized carbons (Fsp3) is 0.333. The number of anilines is 1. The lowest BCUT2D eigenvalue weighted by atomic mass is 10.3. The van der Waals surface area contributed by atoms with Crippen molar-refractivity contribution in [3.05, 3.63) is 41.7 Å². The largest absolute Gasteiger partial charge is 0.497 e. The van der Waals surface area contributed by atoms with Crippen LogP contribution in [0.1, 0.15) is 25.8 Å². The van der Waals surface area contributed by atoms with Crippen molar-refractivity contribution in [1.82, 2.24) is 19.7 Å². The monoisotopic (exact) mass is 419 g/mol. The number of hydrogen-bond acceptors (Lipinski definition) is 8. The molecule has 1 N–H and O–H groups in total. The predicted octanol–water partition coefficient (Wildman–Crippen LogP) is 3.63. The third-order valence-electron chi connectivity index (χ3n) is 3.79. The van der Waals surface area contributed by atoms with E-state index in [2.05, 4.69) is 20.5 Å². The Morgan fingerprint density at radius 3 is 2.89 bits per heavy atom. The van der Waals surface area contributed by atoms with Gasteiger partial charge in [0.15, 0.2) is 22.2 Å². The van der Waals surface area contributed by atoms with E-state index in [0.717, 1.165) is 5.75 Å². The molecule has 1 amide bonds. The Balaban J connectivity index is 1.64. The van der Waals surface area contributed by atoms with E-state index in [0.29, 0.717) is 28.4 Å². The molecule has 3 rings (SSSR count). The van der Waals surface area contributed by atoms with E-state index in [4.69, 9.17) is 9.47 Å². The van der Waals surface area contributed by atoms with E-state index in [-0.39, 0.29) is 17.8 Å². The summed E-state index contributed by atoms with van der Waals surface area (Å²) in [6.45, 7) is 4.59. The number of amides is 1. The molecular formula is C18H21N5O3S2. The number of benzene rings is 1. The summed E-state index contributed by atoms with van der Waals surface area (Å²) in [5.74, 6) is 2.21. The van der Waals surface area contributed by atoms with Gasteiger partial charge in [0.1, 0.15) is 11.5 Å². The van der Waals surface area contributed by atoms with Crippen molar-refractivity contribution in [1.29, 1.82) is 0 Å². The highest BCUT2D eigenvalue weighted by atomic mass is 32.2. The normalized spacial score (nSPS) is 11.8. The number of aromatic nitrogens is 4. The lowest BCUT2D eigenvalue weighted by molar-refractivity contribution is -0.113. The second-order valence-electron chi connectivity index (χ2n) is 5.70. The van der Waals surface area contributed by atoms with Crippen LogP contribution in [0.15, 0.2) is 41.0 Å². The van der Waals surface area contributed by atoms with Gasteiger partial charge in [-0.2, -0.15) is 0 Å². The number of nitrogens with one attached hydrogen (secondary N) is 1. The topological polar surface area (TPSA) is 91.2 Å². The number of rotatable bonds is 9. The van der Waals surface area contributed by atoms with E-state index < -0.39 is 0 Å². The molecular weight excluding hydrogens is 398 g/mol. The van der Waals surface area contributed by atoms with Gasteiger partial charge in [0.2, 0.25) is 5.91 Å². The van der Waals surface area contributed by atoms with E-state index >= 15 is 0 Å². The molecule has 0 saturated heterocycles. The highest BCUT2D eigenvalue weighted by Gasteiger charge is 2.19. The summed E-state index contributed by atoms with van der Waals surface area (Å²) in [6.07, 6.45) is 1.34. The van der Waals surface area contributed by atoms with Crippen molar-refractivity contribution < 1.29 is 14.3 Å². The Bertz CT molecular complexity index is 914. The van der Waals surface area contributed by atoms with Crippen molar-refractivity contribution in [3.63, 3.8) is 0 Å². The van der Waals surface area contributed by atoms with Gasteiger partial charge in [0.25, 0.3) is 0 Å². The van der Waals surface area contributed by atoms with Gasteiger partial charge in [0.05, 0.1) is 12.9 Å². The van der Waals surface area contributed by atoms with Gasteiger partial charge in [-0.3, -0.25) is 4.79 Å². The lowest BCUT2D eigenvalue weighted by Crippen LogP contribution is -2.15. The number of carbonyl (C=O) groups is 1. The molecule has 10 heteroatoms. The maximum absolute atomic E-state index is 12.1. The molecule has 0 spiro atoms. The molecule has 2 aromatic heterocycles. The molecule has 0 aliphatic carbocycles. The first kappa shape index (κ1) is 20.2. The minimum Gasteiger partial charge on any atom is -0.497 e. The third-order valence-corrected chi connectivity index (χ3v) is 5.45. The number of thiazole rings is 1. The van der Waals surface area contributed by atoms with Crippen LogP contribution in [0, 0.1) is 0 Å². The Hall–Kier alpha value is -2.59. The highest BCUT2D eigenvalue weighted by Crippen LogP contribution is 2.26. The van der Waals surface area contributed by atoms with Crippen LogP contribution in [0.4, 0.5) is 5.13 Å². The molecule has 1 aromatic carbocycles. The maximum atomic E-state index is 12.1. The zero-order valence-corrected chi connectivity index (χ0v) is 17.4. The first-order valence-corrected chi connectivity index (χ1v) is 10.5. The van der Waals surface area contributed by atoms with Gasteiger partial charge in [-0.25, -0.2) is 4.98 Å². The van der Waals surface area contributed by atoms with Crippen LogP contribution < -0.4 is 14.8 Å². The van der Waals surface area contributed by atoms with E-state index in [1.54, 1.807) is 13.3 Å². The van der Waals surface area contributed by atoms with Gasteiger partial charge in [-0.1, -0.05) is 17.8 Å². The van der Waals surface area contributed by atoms with Gasteiger partial charge in [0, 0.05) is 24.2 Å². The Morgan fingerprint density at radius 2 is 2.18 bits per heavy atom. The van der Waals surface area contributed by atoms with Crippen LogP contribution in [0.5, 0.6) is 11.5 Å². The van der Waals surface area contributed by atoms with Crippen molar-refractivity contribution in [2.45, 2.75) is 31.7 Å². The summed E-state index contributed by atoms with van der Waals surface area (Å²) in [5, 5.41) is 14.3. The van der Waals surface area contributed by atoms with Crippen LogP contribution in [-0.4, -0.2) is 38.5 Å². The molecule has 148 valence electrons. The first-order chi connectivity index (χ1) is 13.6. The highest BCUT2D eigenvalue weighted by molar-refractivity contribution is 7.99. The minimum absolute atomic E-state index is 0.132. The van der Waals surface area contributed by atoms with Crippen molar-refractivity contribution >= 4 is 34.1 Å². The smallest absolute Gasteiger partial charge is 0.236 e. The Kier molecular flexibility index (Phi) is 6.88. The standard InChI is InChI=1S/C18H21N5O3S2/c1-4-23-16(12(2)26-14-7-5-6-13(10-14)25-3)21-22-18(23)28-11-15(24)20-17-19-8-9-27-17/h5-10,12H,4,11H2,1-3H3,(H,19,20,24). The molecule has 3 aromatic rings. The first-order valence-electron chi connectivity index (χ1n) is 8.66. The molecule has 0 aliphatic heterocycles. The SMILES string of the molecule is CCn1c(SCC(=O)Nc2nccs2)nnc1C(C)Oc1cccc(OC)c1. The van der Waals surface area contributed by atoms with Crippen LogP contribution in [0.25, 0.3) is 0 Å². The predicted molar refractivity (Wildman–Crippen MR) is 109 cm³/mol. The molecule has 0 radical (unpaired) electrons. The average molecular weight is 420 g/mol. The average Bonchev–Trinajstić information content (AvgIpc) is 3.35. The zero-order valence-electron chi connectivity index (χ0n) is 15.8. The molecule has 0 saturated carbocycles. The molecule has 28 heavy (non-hydrogen) atoms. The second kappa shape index (κ2) is 9.56. The van der Waals surface area contributed by atoms with Crippen LogP contribution in [0.2, 0.25) is 0 Å². The fourth-order valence-electron chi connectivity index (χ4n) is 2.51. The van der Waals surface area contributed by atoms with Crippen LogP contribution in [0.3, 0.4) is 0 Å². The van der Waals surface area contributed by atoms with E-state index in [1.165, 1.54) is 23.1 Å². The van der Waals surface area contributed by atoms with E-state index in [9.17, 15) is 4.79 Å². The number of methoxy groups -OCH3 is 1. The summed E-state index contributed by atoms with van der Waals surface area (Å²) in [5.41, 5.74) is 0. The van der Waals surface area contributed by atoms with Crippen molar-refractivity contribution in [2.24, 2.45) is 0 Å². The minimum atomic E-state index is -0.307. The number of ether oxygens (including phenoxy) is 2.